The first-order chi connectivity index (χ1) is 5.75. The normalized spacial score (nSPS) is 12.7. The molecule has 0 saturated heterocycles. The molecule has 0 saturated carbocycles. The van der Waals surface area contributed by atoms with Crippen molar-refractivity contribution in [2.45, 2.75) is 3.79 Å². The fourth-order valence-electron chi connectivity index (χ4n) is 0.430. The molecule has 9 heteroatoms. The molecule has 0 bridgehead atoms. The van der Waals surface area contributed by atoms with Gasteiger partial charge >= 0.3 is 7.59 Å². The van der Waals surface area contributed by atoms with Crippen LogP contribution in [-0.4, -0.2) is 23.8 Å². The molecule has 3 N–H and O–H groups in total. The van der Waals surface area contributed by atoms with Crippen LogP contribution in [-0.2, 0) is 9.36 Å². The largest absolute Gasteiger partial charge is 0.305 e. The van der Waals surface area contributed by atoms with Gasteiger partial charge < -0.3 is 0 Å². The Morgan fingerprint density at radius 1 is 1.23 bits per heavy atom. The molecule has 0 aromatic carbocycles. The third kappa shape index (κ3) is 4.49. The molecule has 1 amide bonds. The van der Waals surface area contributed by atoms with Gasteiger partial charge in [0.1, 0.15) is 0 Å². The van der Waals surface area contributed by atoms with Gasteiger partial charge in [0.05, 0.1) is 0 Å². The Morgan fingerprint density at radius 2 is 1.62 bits per heavy atom. The Labute approximate surface area is 91.0 Å². The first-order valence-electron chi connectivity index (χ1n) is 3.12. The molecule has 0 spiro atoms. The van der Waals surface area contributed by atoms with Crippen molar-refractivity contribution >= 4 is 48.3 Å². The molecular formula is C4H9Cl3N3O2P. The van der Waals surface area contributed by atoms with Crippen molar-refractivity contribution in [3.63, 3.8) is 0 Å². The molecule has 78 valence electrons. The quantitative estimate of drug-likeness (QED) is 0.528. The number of hydrogen-bond donors (Lipinski definition) is 3. The monoisotopic (exact) mass is 267 g/mol. The number of carbonyl (C=O) groups excluding carboxylic acids is 1. The van der Waals surface area contributed by atoms with E-state index in [0.717, 1.165) is 0 Å². The van der Waals surface area contributed by atoms with Crippen LogP contribution in [0.5, 0.6) is 0 Å². The minimum Gasteiger partial charge on any atom is -0.279 e. The van der Waals surface area contributed by atoms with Crippen LogP contribution in [0.3, 0.4) is 0 Å². The molecule has 0 aromatic rings. The standard InChI is InChI=1S/C4H9Cl3N3O2P/c1-8-13(12,9-2)10-3(11)4(5,6)7/h1-2H3,(H3,8,9,10,11,12). The first kappa shape index (κ1) is 13.5. The van der Waals surface area contributed by atoms with Gasteiger partial charge in [0, 0.05) is 0 Å². The number of carbonyl (C=O) groups is 1. The molecule has 0 aromatic heterocycles. The fraction of sp³-hybridized carbons (Fsp3) is 0.750. The molecule has 13 heavy (non-hydrogen) atoms. The van der Waals surface area contributed by atoms with Gasteiger partial charge in [-0.3, -0.25) is 14.4 Å². The number of amides is 1. The third-order valence-electron chi connectivity index (χ3n) is 1.15. The zero-order valence-corrected chi connectivity index (χ0v) is 10.1. The van der Waals surface area contributed by atoms with Crippen molar-refractivity contribution in [1.29, 1.82) is 0 Å². The summed E-state index contributed by atoms with van der Waals surface area (Å²) in [5.74, 6) is -0.954. The maximum absolute atomic E-state index is 11.5. The smallest absolute Gasteiger partial charge is 0.279 e. The fourth-order valence-corrected chi connectivity index (χ4v) is 1.67. The number of alkyl halides is 3. The molecule has 0 aliphatic heterocycles. The van der Waals surface area contributed by atoms with E-state index in [1.165, 1.54) is 14.1 Å². The van der Waals surface area contributed by atoms with Gasteiger partial charge in [-0.25, -0.2) is 10.2 Å². The van der Waals surface area contributed by atoms with Gasteiger partial charge in [0.25, 0.3) is 9.70 Å². The summed E-state index contributed by atoms with van der Waals surface area (Å²) in [4.78, 5) is 11.0. The second-order valence-corrected chi connectivity index (χ2v) is 6.61. The minimum atomic E-state index is -3.19. The lowest BCUT2D eigenvalue weighted by Gasteiger charge is -2.19. The molecule has 0 aliphatic carbocycles. The Balaban J connectivity index is 4.45. The maximum Gasteiger partial charge on any atom is 0.305 e. The molecule has 5 nitrogen and oxygen atoms in total. The van der Waals surface area contributed by atoms with Gasteiger partial charge in [-0.1, -0.05) is 34.8 Å². The predicted molar refractivity (Wildman–Crippen MR) is 54.2 cm³/mol. The van der Waals surface area contributed by atoms with Crippen molar-refractivity contribution in [1.82, 2.24) is 15.3 Å². The third-order valence-corrected chi connectivity index (χ3v) is 3.44. The number of hydrogen-bond acceptors (Lipinski definition) is 2. The summed E-state index contributed by atoms with van der Waals surface area (Å²) in [6.45, 7) is 0. The van der Waals surface area contributed by atoms with Crippen LogP contribution in [0.4, 0.5) is 0 Å². The SMILES string of the molecule is CNP(=O)(NC)NC(=O)C(Cl)(Cl)Cl. The van der Waals surface area contributed by atoms with E-state index in [4.69, 9.17) is 34.8 Å². The highest BCUT2D eigenvalue weighted by atomic mass is 35.6. The van der Waals surface area contributed by atoms with Gasteiger partial charge in [0.15, 0.2) is 0 Å². The van der Waals surface area contributed by atoms with Gasteiger partial charge in [-0.2, -0.15) is 0 Å². The lowest BCUT2D eigenvalue weighted by molar-refractivity contribution is -0.118. The van der Waals surface area contributed by atoms with Crippen molar-refractivity contribution in [2.24, 2.45) is 0 Å². The van der Waals surface area contributed by atoms with E-state index in [1.807, 2.05) is 5.09 Å². The Morgan fingerprint density at radius 3 is 1.85 bits per heavy atom. The molecule has 0 fully saturated rings. The van der Waals surface area contributed by atoms with Crippen molar-refractivity contribution in [3.05, 3.63) is 0 Å². The molecule has 0 heterocycles. The summed E-state index contributed by atoms with van der Waals surface area (Å²) >= 11 is 15.7. The van der Waals surface area contributed by atoms with Gasteiger partial charge in [-0.05, 0) is 14.1 Å². The molecular weight excluding hydrogens is 259 g/mol. The van der Waals surface area contributed by atoms with Crippen LogP contribution in [0.2, 0.25) is 0 Å². The van der Waals surface area contributed by atoms with Crippen LogP contribution in [0.1, 0.15) is 0 Å². The zero-order chi connectivity index (χ0) is 10.7. The molecule has 0 aliphatic rings. The summed E-state index contributed by atoms with van der Waals surface area (Å²) in [6.07, 6.45) is 0. The van der Waals surface area contributed by atoms with E-state index in [-0.39, 0.29) is 0 Å². The van der Waals surface area contributed by atoms with Crippen LogP contribution < -0.4 is 15.3 Å². The summed E-state index contributed by atoms with van der Waals surface area (Å²) in [5, 5.41) is 6.77. The minimum absolute atomic E-state index is 0.954. The van der Waals surface area contributed by atoms with Crippen LogP contribution >= 0.6 is 42.4 Å². The highest BCUT2D eigenvalue weighted by Gasteiger charge is 2.34. The van der Waals surface area contributed by atoms with Crippen LogP contribution in [0.15, 0.2) is 0 Å². The van der Waals surface area contributed by atoms with Gasteiger partial charge in [-0.15, -0.1) is 0 Å². The second kappa shape index (κ2) is 4.82. The van der Waals surface area contributed by atoms with Crippen molar-refractivity contribution < 1.29 is 9.36 Å². The van der Waals surface area contributed by atoms with E-state index >= 15 is 0 Å². The Hall–Kier alpha value is 0.490. The average Bonchev–Trinajstić information content (AvgIpc) is 2.02. The number of halogens is 3. The summed E-state index contributed by atoms with van der Waals surface area (Å²) in [7, 11) is -0.389. The van der Waals surface area contributed by atoms with E-state index in [1.54, 1.807) is 0 Å². The van der Waals surface area contributed by atoms with Crippen molar-refractivity contribution in [3.8, 4) is 0 Å². The van der Waals surface area contributed by atoms with Crippen LogP contribution in [0, 0.1) is 0 Å². The van der Waals surface area contributed by atoms with E-state index < -0.39 is 17.3 Å². The van der Waals surface area contributed by atoms with Gasteiger partial charge in [0.2, 0.25) is 0 Å². The lowest BCUT2D eigenvalue weighted by atomic mass is 10.7. The molecule has 0 rings (SSSR count). The Kier molecular flexibility index (Phi) is 5.00. The number of rotatable bonds is 3. The highest BCUT2D eigenvalue weighted by Crippen LogP contribution is 2.33. The number of nitrogens with one attached hydrogen (secondary N) is 3. The Bertz CT molecular complexity index is 233. The lowest BCUT2D eigenvalue weighted by Crippen LogP contribution is -2.38. The second-order valence-electron chi connectivity index (χ2n) is 2.00. The topological polar surface area (TPSA) is 70.2 Å². The average molecular weight is 268 g/mol. The molecule has 0 unspecified atom stereocenters. The molecule has 0 atom stereocenters. The first-order valence-corrected chi connectivity index (χ1v) is 5.97. The predicted octanol–water partition coefficient (Wildman–Crippen LogP) is 1.02. The zero-order valence-electron chi connectivity index (χ0n) is 6.90. The van der Waals surface area contributed by atoms with E-state index in [2.05, 4.69) is 10.2 Å². The summed E-state index contributed by atoms with van der Waals surface area (Å²) < 4.78 is 9.36. The van der Waals surface area contributed by atoms with Crippen LogP contribution in [0.25, 0.3) is 0 Å². The highest BCUT2D eigenvalue weighted by molar-refractivity contribution is 7.58. The maximum atomic E-state index is 11.5. The van der Waals surface area contributed by atoms with Crippen molar-refractivity contribution in [2.75, 3.05) is 14.1 Å². The molecule has 0 radical (unpaired) electrons. The van der Waals surface area contributed by atoms with E-state index in [0.29, 0.717) is 0 Å². The summed E-state index contributed by atoms with van der Waals surface area (Å²) in [5.41, 5.74) is 0. The van der Waals surface area contributed by atoms with E-state index in [9.17, 15) is 9.36 Å². The summed E-state index contributed by atoms with van der Waals surface area (Å²) in [6, 6.07) is 0.